The fourth-order valence-corrected chi connectivity index (χ4v) is 8.22. The number of esters is 3. The fourth-order valence-electron chi connectivity index (χ4n) is 8.22. The molecule has 1 atom stereocenters. The number of carbonyl (C=O) groups excluding carboxylic acids is 3. The molecule has 0 aromatic heterocycles. The number of carbonyl (C=O) groups is 3. The second-order valence-corrected chi connectivity index (χ2v) is 19.0. The highest BCUT2D eigenvalue weighted by Crippen LogP contribution is 2.17. The van der Waals surface area contributed by atoms with Crippen LogP contribution in [-0.2, 0) is 28.6 Å². The van der Waals surface area contributed by atoms with Crippen molar-refractivity contribution in [3.63, 3.8) is 0 Å². The number of unbranched alkanes of at least 4 members (excludes halogenated alkanes) is 36. The summed E-state index contributed by atoms with van der Waals surface area (Å²) >= 11 is 0. The van der Waals surface area contributed by atoms with Crippen LogP contribution in [0.15, 0.2) is 0 Å². The first kappa shape index (κ1) is 58.4. The Labute approximate surface area is 374 Å². The topological polar surface area (TPSA) is 78.9 Å². The Morgan fingerprint density at radius 1 is 0.317 bits per heavy atom. The van der Waals surface area contributed by atoms with Crippen LogP contribution in [0.2, 0.25) is 0 Å². The highest BCUT2D eigenvalue weighted by Gasteiger charge is 2.19. The van der Waals surface area contributed by atoms with Gasteiger partial charge in [-0.15, -0.1) is 0 Å². The van der Waals surface area contributed by atoms with Gasteiger partial charge < -0.3 is 14.2 Å². The molecule has 0 rings (SSSR count). The van der Waals surface area contributed by atoms with Gasteiger partial charge in [0.1, 0.15) is 13.2 Å². The second kappa shape index (κ2) is 48.4. The van der Waals surface area contributed by atoms with Crippen molar-refractivity contribution in [3.05, 3.63) is 0 Å². The fraction of sp³-hybridized carbons (Fsp3) is 0.944. The zero-order valence-electron chi connectivity index (χ0n) is 40.9. The van der Waals surface area contributed by atoms with E-state index in [1.807, 2.05) is 0 Å². The monoisotopic (exact) mass is 849 g/mol. The average Bonchev–Trinajstić information content (AvgIpc) is 3.23. The highest BCUT2D eigenvalue weighted by molar-refractivity contribution is 5.71. The van der Waals surface area contributed by atoms with Crippen LogP contribution in [0.5, 0.6) is 0 Å². The van der Waals surface area contributed by atoms with Crippen molar-refractivity contribution in [1.82, 2.24) is 0 Å². The summed E-state index contributed by atoms with van der Waals surface area (Å²) in [5, 5.41) is 0. The van der Waals surface area contributed by atoms with Gasteiger partial charge in [0, 0.05) is 19.3 Å². The van der Waals surface area contributed by atoms with Crippen molar-refractivity contribution >= 4 is 17.9 Å². The van der Waals surface area contributed by atoms with Crippen molar-refractivity contribution in [2.75, 3.05) is 13.2 Å². The van der Waals surface area contributed by atoms with E-state index in [0.717, 1.165) is 63.7 Å². The molecule has 0 aliphatic heterocycles. The van der Waals surface area contributed by atoms with Gasteiger partial charge in [-0.1, -0.05) is 265 Å². The molecule has 0 spiro atoms. The zero-order valence-corrected chi connectivity index (χ0v) is 40.9. The Morgan fingerprint density at radius 3 is 0.817 bits per heavy atom. The van der Waals surface area contributed by atoms with Crippen molar-refractivity contribution in [2.45, 2.75) is 310 Å². The summed E-state index contributed by atoms with van der Waals surface area (Å²) in [5.41, 5.74) is 0. The van der Waals surface area contributed by atoms with Gasteiger partial charge in [-0.05, 0) is 25.2 Å². The normalized spacial score (nSPS) is 11.9. The molecule has 0 aliphatic carbocycles. The minimum Gasteiger partial charge on any atom is -0.462 e. The van der Waals surface area contributed by atoms with Gasteiger partial charge in [0.2, 0.25) is 0 Å². The summed E-state index contributed by atoms with van der Waals surface area (Å²) in [4.78, 5) is 37.9. The first-order chi connectivity index (χ1) is 29.4. The molecule has 0 aromatic carbocycles. The van der Waals surface area contributed by atoms with E-state index in [0.29, 0.717) is 19.3 Å². The van der Waals surface area contributed by atoms with E-state index in [4.69, 9.17) is 14.2 Å². The predicted octanol–water partition coefficient (Wildman–Crippen LogP) is 17.5. The quantitative estimate of drug-likeness (QED) is 0.0345. The van der Waals surface area contributed by atoms with Gasteiger partial charge in [-0.3, -0.25) is 14.4 Å². The molecule has 60 heavy (non-hydrogen) atoms. The maximum Gasteiger partial charge on any atom is 0.306 e. The van der Waals surface area contributed by atoms with Crippen LogP contribution in [0, 0.1) is 5.92 Å². The van der Waals surface area contributed by atoms with Crippen LogP contribution in [0.25, 0.3) is 0 Å². The lowest BCUT2D eigenvalue weighted by molar-refractivity contribution is -0.167. The third-order valence-electron chi connectivity index (χ3n) is 12.3. The van der Waals surface area contributed by atoms with E-state index in [2.05, 4.69) is 27.7 Å². The molecule has 0 N–H and O–H groups in total. The first-order valence-electron chi connectivity index (χ1n) is 26.9. The van der Waals surface area contributed by atoms with Gasteiger partial charge >= 0.3 is 17.9 Å². The van der Waals surface area contributed by atoms with Crippen LogP contribution < -0.4 is 0 Å². The van der Waals surface area contributed by atoms with E-state index >= 15 is 0 Å². The molecule has 0 aliphatic rings. The third kappa shape index (κ3) is 47.5. The molecule has 0 fully saturated rings. The molecule has 0 bridgehead atoms. The van der Waals surface area contributed by atoms with Crippen molar-refractivity contribution in [2.24, 2.45) is 5.92 Å². The van der Waals surface area contributed by atoms with E-state index in [9.17, 15) is 14.4 Å². The minimum atomic E-state index is -0.761. The summed E-state index contributed by atoms with van der Waals surface area (Å²) in [6.07, 6.45) is 51.0. The van der Waals surface area contributed by atoms with Gasteiger partial charge in [0.15, 0.2) is 6.10 Å². The van der Waals surface area contributed by atoms with Crippen molar-refractivity contribution < 1.29 is 28.6 Å². The summed E-state index contributed by atoms with van der Waals surface area (Å²) in [6.45, 7) is 9.01. The molecule has 6 heteroatoms. The Hall–Kier alpha value is -1.59. The molecule has 0 amide bonds. The second-order valence-electron chi connectivity index (χ2n) is 19.0. The first-order valence-corrected chi connectivity index (χ1v) is 26.9. The number of hydrogen-bond acceptors (Lipinski definition) is 6. The Balaban J connectivity index is 4.23. The molecule has 0 aromatic rings. The van der Waals surface area contributed by atoms with Crippen LogP contribution >= 0.6 is 0 Å². The van der Waals surface area contributed by atoms with E-state index in [1.54, 1.807) is 0 Å². The molecule has 0 unspecified atom stereocenters. The lowest BCUT2D eigenvalue weighted by atomic mass is 10.0. The maximum absolute atomic E-state index is 12.8. The van der Waals surface area contributed by atoms with Crippen LogP contribution in [0.4, 0.5) is 0 Å². The van der Waals surface area contributed by atoms with E-state index < -0.39 is 6.10 Å². The standard InChI is InChI=1S/C54H104O6/c1-5-7-9-11-13-15-17-18-19-20-21-22-23-24-26-30-34-38-42-46-53(56)59-49-51(48-58-52(55)45-41-37-33-29-25-16-14-12-10-8-6-2)60-54(57)47-43-39-35-31-27-28-32-36-40-44-50(3)4/h50-51H,5-49H2,1-4H3/t51-/m1/s1. The van der Waals surface area contributed by atoms with Crippen LogP contribution in [0.3, 0.4) is 0 Å². The molecular weight excluding hydrogens is 745 g/mol. The van der Waals surface area contributed by atoms with E-state index in [-0.39, 0.29) is 31.1 Å². The lowest BCUT2D eigenvalue weighted by Gasteiger charge is -2.18. The number of hydrogen-bond donors (Lipinski definition) is 0. The number of rotatable bonds is 49. The molecule has 0 saturated heterocycles. The number of ether oxygens (including phenoxy) is 3. The van der Waals surface area contributed by atoms with Crippen LogP contribution in [0.1, 0.15) is 304 Å². The predicted molar refractivity (Wildman–Crippen MR) is 257 cm³/mol. The van der Waals surface area contributed by atoms with Crippen molar-refractivity contribution in [1.29, 1.82) is 0 Å². The summed E-state index contributed by atoms with van der Waals surface area (Å²) in [5.74, 6) is -0.0388. The Kier molecular flexibility index (Phi) is 47.2. The molecule has 6 nitrogen and oxygen atoms in total. The smallest absolute Gasteiger partial charge is 0.306 e. The summed E-state index contributed by atoms with van der Waals surface area (Å²) < 4.78 is 16.8. The van der Waals surface area contributed by atoms with Crippen LogP contribution in [-0.4, -0.2) is 37.2 Å². The highest BCUT2D eigenvalue weighted by atomic mass is 16.6. The molecule has 356 valence electrons. The Bertz CT molecular complexity index is 903. The molecule has 0 radical (unpaired) electrons. The zero-order chi connectivity index (χ0) is 43.8. The molecule has 0 saturated carbocycles. The summed E-state index contributed by atoms with van der Waals surface area (Å²) in [7, 11) is 0. The van der Waals surface area contributed by atoms with Gasteiger partial charge in [-0.25, -0.2) is 0 Å². The largest absolute Gasteiger partial charge is 0.462 e. The van der Waals surface area contributed by atoms with Crippen molar-refractivity contribution in [3.8, 4) is 0 Å². The van der Waals surface area contributed by atoms with E-state index in [1.165, 1.54) is 199 Å². The Morgan fingerprint density at radius 2 is 0.550 bits per heavy atom. The SMILES string of the molecule is CCCCCCCCCCCCCCCCCCCCCC(=O)OC[C@@H](COC(=O)CCCCCCCCCCCCC)OC(=O)CCCCCCCCCCCC(C)C. The average molecular weight is 849 g/mol. The van der Waals surface area contributed by atoms with Gasteiger partial charge in [0.05, 0.1) is 0 Å². The minimum absolute atomic E-state index is 0.0629. The molecule has 0 heterocycles. The third-order valence-corrected chi connectivity index (χ3v) is 12.3. The maximum atomic E-state index is 12.8. The summed E-state index contributed by atoms with van der Waals surface area (Å²) in [6, 6.07) is 0. The van der Waals surface area contributed by atoms with Gasteiger partial charge in [-0.2, -0.15) is 0 Å². The lowest BCUT2D eigenvalue weighted by Crippen LogP contribution is -2.30. The van der Waals surface area contributed by atoms with Gasteiger partial charge in [0.25, 0.3) is 0 Å². The molecular formula is C54H104O6.